The predicted octanol–water partition coefficient (Wildman–Crippen LogP) is 5.71. The van der Waals surface area contributed by atoms with Gasteiger partial charge < -0.3 is 14.8 Å². The summed E-state index contributed by atoms with van der Waals surface area (Å²) >= 11 is 0. The third kappa shape index (κ3) is 6.40. The highest BCUT2D eigenvalue weighted by atomic mass is 19.4. The van der Waals surface area contributed by atoms with Crippen molar-refractivity contribution in [3.8, 4) is 11.5 Å². The Hall–Kier alpha value is -3.24. The number of H-pyrrole nitrogens is 1. The van der Waals surface area contributed by atoms with E-state index in [1.165, 1.54) is 6.07 Å². The van der Waals surface area contributed by atoms with Crippen LogP contribution in [0.2, 0.25) is 0 Å². The number of fused-ring (bicyclic) bond motifs is 1. The number of halogens is 6. The molecule has 3 rings (SSSR count). The zero-order valence-electron chi connectivity index (χ0n) is 14.7. The number of carboxylic acids is 1. The van der Waals surface area contributed by atoms with E-state index < -0.39 is 30.6 Å². The molecule has 2 N–H and O–H groups in total. The molecule has 0 saturated heterocycles. The molecule has 0 radical (unpaired) electrons. The number of ether oxygens (including phenoxy) is 1. The lowest BCUT2D eigenvalue weighted by Crippen LogP contribution is -2.13. The molecule has 5 nitrogen and oxygen atoms in total. The molecular formula is C18H14F6N2O3. The smallest absolute Gasteiger partial charge is 0.449 e. The Bertz CT molecular complexity index is 981. The molecular weight excluding hydrogens is 406 g/mol. The van der Waals surface area contributed by atoms with Gasteiger partial charge in [-0.2, -0.15) is 26.3 Å². The summed E-state index contributed by atoms with van der Waals surface area (Å²) in [7, 11) is 0. The average molecular weight is 420 g/mol. The highest BCUT2D eigenvalue weighted by Gasteiger charge is 2.35. The molecule has 11 heteroatoms. The quantitative estimate of drug-likeness (QED) is 0.533. The monoisotopic (exact) mass is 420 g/mol. The SMILES string of the molecule is Cc1c(Oc2ccccc2)ccc2[nH]c(C(F)(F)F)nc12.O=C(O)CC(F)(F)F. The molecule has 0 saturated carbocycles. The fourth-order valence-electron chi connectivity index (χ4n) is 2.23. The van der Waals surface area contributed by atoms with Gasteiger partial charge in [-0.3, -0.25) is 4.79 Å². The van der Waals surface area contributed by atoms with Gasteiger partial charge in [0.25, 0.3) is 0 Å². The van der Waals surface area contributed by atoms with Gasteiger partial charge in [-0.25, -0.2) is 4.98 Å². The van der Waals surface area contributed by atoms with Gasteiger partial charge in [0.15, 0.2) is 0 Å². The first kappa shape index (κ1) is 22.1. The number of aromatic nitrogens is 2. The van der Waals surface area contributed by atoms with Gasteiger partial charge in [0, 0.05) is 5.56 Å². The van der Waals surface area contributed by atoms with Crippen LogP contribution < -0.4 is 4.74 Å². The van der Waals surface area contributed by atoms with Crippen LogP contribution in [0.1, 0.15) is 17.8 Å². The molecule has 0 unspecified atom stereocenters. The summed E-state index contributed by atoms with van der Waals surface area (Å²) in [5, 5.41) is 7.53. The normalized spacial score (nSPS) is 11.7. The van der Waals surface area contributed by atoms with Crippen molar-refractivity contribution in [2.75, 3.05) is 0 Å². The Kier molecular flexibility index (Phi) is 6.40. The Morgan fingerprint density at radius 3 is 2.17 bits per heavy atom. The average Bonchev–Trinajstić information content (AvgIpc) is 3.02. The molecule has 3 aromatic rings. The standard InChI is InChI=1S/C15H11F3N2O.C3H3F3O2/c1-9-12(21-10-5-3-2-4-6-10)8-7-11-13(9)20-14(19-11)15(16,17)18;4-3(5,6)1-2(7)8/h2-8H,1H3,(H,19,20);1H2,(H,7,8). The van der Waals surface area contributed by atoms with Crippen LogP contribution >= 0.6 is 0 Å². The number of aryl methyl sites for hydroxylation is 1. The van der Waals surface area contributed by atoms with Crippen molar-refractivity contribution in [2.45, 2.75) is 25.7 Å². The summed E-state index contributed by atoms with van der Waals surface area (Å²) in [4.78, 5) is 15.2. The summed E-state index contributed by atoms with van der Waals surface area (Å²) in [5.41, 5.74) is 1.15. The van der Waals surface area contributed by atoms with Crippen molar-refractivity contribution in [2.24, 2.45) is 0 Å². The molecule has 0 fully saturated rings. The van der Waals surface area contributed by atoms with Gasteiger partial charge in [-0.05, 0) is 31.2 Å². The first-order valence-corrected chi connectivity index (χ1v) is 7.95. The maximum atomic E-state index is 12.7. The topological polar surface area (TPSA) is 75.2 Å². The van der Waals surface area contributed by atoms with Gasteiger partial charge in [0.05, 0.1) is 11.0 Å². The van der Waals surface area contributed by atoms with E-state index in [-0.39, 0.29) is 5.52 Å². The number of benzene rings is 2. The van der Waals surface area contributed by atoms with E-state index in [0.717, 1.165) is 0 Å². The lowest BCUT2D eigenvalue weighted by molar-refractivity contribution is -0.166. The van der Waals surface area contributed by atoms with Crippen LogP contribution in [0.25, 0.3) is 11.0 Å². The van der Waals surface area contributed by atoms with Gasteiger partial charge >= 0.3 is 18.3 Å². The third-order valence-electron chi connectivity index (χ3n) is 3.45. The summed E-state index contributed by atoms with van der Waals surface area (Å²) < 4.78 is 76.5. The number of rotatable bonds is 3. The maximum Gasteiger partial charge on any atom is 0.449 e. The van der Waals surface area contributed by atoms with Crippen molar-refractivity contribution in [3.63, 3.8) is 0 Å². The number of alkyl halides is 6. The number of carboxylic acid groups (broad SMARTS) is 1. The highest BCUT2D eigenvalue weighted by molar-refractivity contribution is 5.81. The van der Waals surface area contributed by atoms with Crippen molar-refractivity contribution in [3.05, 3.63) is 53.9 Å². The largest absolute Gasteiger partial charge is 0.481 e. The van der Waals surface area contributed by atoms with Crippen molar-refractivity contribution < 1.29 is 41.0 Å². The van der Waals surface area contributed by atoms with Gasteiger partial charge in [0.1, 0.15) is 17.9 Å². The molecule has 0 amide bonds. The van der Waals surface area contributed by atoms with Crippen molar-refractivity contribution >= 4 is 17.0 Å². The Labute approximate surface area is 159 Å². The first-order chi connectivity index (χ1) is 13.4. The van der Waals surface area contributed by atoms with Crippen LogP contribution in [0.4, 0.5) is 26.3 Å². The Balaban J connectivity index is 0.000000321. The molecule has 0 spiro atoms. The van der Waals surface area contributed by atoms with Crippen LogP contribution in [0.3, 0.4) is 0 Å². The van der Waals surface area contributed by atoms with E-state index in [2.05, 4.69) is 9.97 Å². The number of imidazole rings is 1. The van der Waals surface area contributed by atoms with Gasteiger partial charge in [-0.1, -0.05) is 18.2 Å². The first-order valence-electron chi connectivity index (χ1n) is 7.95. The molecule has 1 heterocycles. The highest BCUT2D eigenvalue weighted by Crippen LogP contribution is 2.33. The molecule has 156 valence electrons. The number of nitrogens with one attached hydrogen (secondary N) is 1. The minimum Gasteiger partial charge on any atom is -0.481 e. The number of para-hydroxylation sites is 1. The van der Waals surface area contributed by atoms with Crippen LogP contribution in [0, 0.1) is 6.92 Å². The van der Waals surface area contributed by atoms with E-state index in [9.17, 15) is 31.1 Å². The van der Waals surface area contributed by atoms with Crippen molar-refractivity contribution in [1.29, 1.82) is 0 Å². The molecule has 0 aliphatic heterocycles. The van der Waals surface area contributed by atoms with Gasteiger partial charge in [0.2, 0.25) is 5.82 Å². The number of carbonyl (C=O) groups is 1. The minimum atomic E-state index is -4.58. The summed E-state index contributed by atoms with van der Waals surface area (Å²) in [6.07, 6.45) is -10.8. The van der Waals surface area contributed by atoms with Crippen LogP contribution in [0.5, 0.6) is 11.5 Å². The predicted molar refractivity (Wildman–Crippen MR) is 90.7 cm³/mol. The molecule has 29 heavy (non-hydrogen) atoms. The van der Waals surface area contributed by atoms with Crippen molar-refractivity contribution in [1.82, 2.24) is 9.97 Å². The minimum absolute atomic E-state index is 0.260. The van der Waals surface area contributed by atoms with E-state index in [1.54, 1.807) is 25.1 Å². The molecule has 0 bridgehead atoms. The van der Waals surface area contributed by atoms with E-state index in [1.807, 2.05) is 18.2 Å². The molecule has 0 aliphatic carbocycles. The van der Waals surface area contributed by atoms with E-state index in [4.69, 9.17) is 9.84 Å². The lowest BCUT2D eigenvalue weighted by Gasteiger charge is -2.08. The van der Waals surface area contributed by atoms with Crippen LogP contribution in [-0.2, 0) is 11.0 Å². The van der Waals surface area contributed by atoms with Gasteiger partial charge in [-0.15, -0.1) is 0 Å². The maximum absolute atomic E-state index is 12.7. The second kappa shape index (κ2) is 8.41. The number of nitrogens with zero attached hydrogens (tertiary/aromatic N) is 1. The second-order valence-corrected chi connectivity index (χ2v) is 5.77. The number of hydrogen-bond donors (Lipinski definition) is 2. The summed E-state index contributed by atoms with van der Waals surface area (Å²) in [6.45, 7) is 1.68. The number of aromatic amines is 1. The van der Waals surface area contributed by atoms with Crippen LogP contribution in [-0.4, -0.2) is 27.2 Å². The van der Waals surface area contributed by atoms with E-state index in [0.29, 0.717) is 22.6 Å². The Morgan fingerprint density at radius 2 is 1.69 bits per heavy atom. The number of aliphatic carboxylic acids is 1. The molecule has 1 aromatic heterocycles. The fourth-order valence-corrected chi connectivity index (χ4v) is 2.23. The fraction of sp³-hybridized carbons (Fsp3) is 0.222. The number of hydrogen-bond acceptors (Lipinski definition) is 3. The second-order valence-electron chi connectivity index (χ2n) is 5.77. The van der Waals surface area contributed by atoms with Crippen LogP contribution in [0.15, 0.2) is 42.5 Å². The molecule has 0 atom stereocenters. The molecule has 2 aromatic carbocycles. The zero-order valence-corrected chi connectivity index (χ0v) is 14.7. The lowest BCUT2D eigenvalue weighted by atomic mass is 10.2. The summed E-state index contributed by atoms with van der Waals surface area (Å²) in [5.74, 6) is -1.75. The van der Waals surface area contributed by atoms with E-state index >= 15 is 0 Å². The zero-order chi connectivity index (χ0) is 21.8. The summed E-state index contributed by atoms with van der Waals surface area (Å²) in [6, 6.07) is 12.2. The third-order valence-corrected chi connectivity index (χ3v) is 3.45. The Morgan fingerprint density at radius 1 is 1.07 bits per heavy atom. The molecule has 0 aliphatic rings.